The monoisotopic (exact) mass is 388 g/mol. The molecule has 0 bridgehead atoms. The topological polar surface area (TPSA) is 58.1 Å². The van der Waals surface area contributed by atoms with E-state index in [0.29, 0.717) is 17.2 Å². The van der Waals surface area contributed by atoms with Crippen molar-refractivity contribution in [2.45, 2.75) is 33.6 Å². The smallest absolute Gasteiger partial charge is 0.253 e. The van der Waals surface area contributed by atoms with E-state index in [1.165, 1.54) is 5.56 Å². The number of carbonyl (C=O) groups is 1. The Morgan fingerprint density at radius 2 is 1.86 bits per heavy atom. The Morgan fingerprint density at radius 1 is 1.07 bits per heavy atom. The van der Waals surface area contributed by atoms with Gasteiger partial charge in [-0.2, -0.15) is 0 Å². The summed E-state index contributed by atoms with van der Waals surface area (Å²) in [6.07, 6.45) is 3.85. The molecule has 3 rings (SSSR count). The first-order chi connectivity index (χ1) is 14.1. The molecule has 5 heteroatoms. The van der Waals surface area contributed by atoms with Crippen molar-refractivity contribution in [1.29, 1.82) is 0 Å². The van der Waals surface area contributed by atoms with E-state index in [0.717, 1.165) is 37.2 Å². The molecule has 0 atom stereocenters. The van der Waals surface area contributed by atoms with Gasteiger partial charge in [0, 0.05) is 36.1 Å². The van der Waals surface area contributed by atoms with Crippen LogP contribution in [0.4, 0.5) is 11.5 Å². The number of amides is 1. The summed E-state index contributed by atoms with van der Waals surface area (Å²) in [7, 11) is 0. The number of nitrogens with one attached hydrogen (secondary N) is 1. The van der Waals surface area contributed by atoms with Gasteiger partial charge in [-0.1, -0.05) is 37.1 Å². The molecule has 3 aromatic rings. The number of nitrogens with zero attached hydrogens (tertiary/aromatic N) is 3. The van der Waals surface area contributed by atoms with Crippen molar-refractivity contribution in [1.82, 2.24) is 14.9 Å². The summed E-state index contributed by atoms with van der Waals surface area (Å²) in [5, 5.41) is 3.30. The molecule has 1 N–H and O–H groups in total. The SMILES string of the molecule is CCCCN(CC)C(=O)c1ccc(Nc2ccnc(-c3cccc(C)c3)n2)cc1. The first-order valence-electron chi connectivity index (χ1n) is 10.2. The van der Waals surface area contributed by atoms with Crippen LogP contribution < -0.4 is 5.32 Å². The molecule has 29 heavy (non-hydrogen) atoms. The summed E-state index contributed by atoms with van der Waals surface area (Å²) in [4.78, 5) is 23.6. The minimum absolute atomic E-state index is 0.0799. The number of aromatic nitrogens is 2. The molecule has 0 aliphatic carbocycles. The number of rotatable bonds is 8. The fourth-order valence-corrected chi connectivity index (χ4v) is 3.13. The van der Waals surface area contributed by atoms with Gasteiger partial charge in [-0.25, -0.2) is 9.97 Å². The predicted molar refractivity (Wildman–Crippen MR) is 118 cm³/mol. The molecule has 2 aromatic carbocycles. The third-order valence-electron chi connectivity index (χ3n) is 4.79. The van der Waals surface area contributed by atoms with Crippen LogP contribution in [0.15, 0.2) is 60.8 Å². The third kappa shape index (κ3) is 5.41. The van der Waals surface area contributed by atoms with Crippen LogP contribution in [0.25, 0.3) is 11.4 Å². The fourth-order valence-electron chi connectivity index (χ4n) is 3.13. The maximum atomic E-state index is 12.7. The Labute approximate surface area is 172 Å². The number of anilines is 2. The summed E-state index contributed by atoms with van der Waals surface area (Å²) in [5.41, 5.74) is 3.75. The molecule has 5 nitrogen and oxygen atoms in total. The van der Waals surface area contributed by atoms with Crippen molar-refractivity contribution < 1.29 is 4.79 Å². The minimum Gasteiger partial charge on any atom is -0.340 e. The van der Waals surface area contributed by atoms with E-state index in [1.807, 2.05) is 54.3 Å². The van der Waals surface area contributed by atoms with E-state index in [4.69, 9.17) is 0 Å². The van der Waals surface area contributed by atoms with Gasteiger partial charge in [0.25, 0.3) is 5.91 Å². The van der Waals surface area contributed by atoms with Gasteiger partial charge in [0.1, 0.15) is 5.82 Å². The minimum atomic E-state index is 0.0799. The number of hydrogen-bond acceptors (Lipinski definition) is 4. The van der Waals surface area contributed by atoms with Crippen molar-refractivity contribution in [3.63, 3.8) is 0 Å². The molecule has 150 valence electrons. The lowest BCUT2D eigenvalue weighted by Crippen LogP contribution is -2.31. The molecule has 0 saturated heterocycles. The molecule has 1 heterocycles. The second-order valence-corrected chi connectivity index (χ2v) is 7.08. The fraction of sp³-hybridized carbons (Fsp3) is 0.292. The summed E-state index contributed by atoms with van der Waals surface area (Å²) >= 11 is 0. The van der Waals surface area contributed by atoms with Crippen molar-refractivity contribution in [2.75, 3.05) is 18.4 Å². The normalized spacial score (nSPS) is 10.6. The second kappa shape index (κ2) is 9.82. The average molecular weight is 389 g/mol. The van der Waals surface area contributed by atoms with Gasteiger partial charge in [0.05, 0.1) is 0 Å². The van der Waals surface area contributed by atoms with Gasteiger partial charge in [0.15, 0.2) is 5.82 Å². The zero-order valence-corrected chi connectivity index (χ0v) is 17.4. The number of carbonyl (C=O) groups excluding carboxylic acids is 1. The van der Waals surface area contributed by atoms with Crippen LogP contribution in [0.1, 0.15) is 42.6 Å². The van der Waals surface area contributed by atoms with E-state index in [1.54, 1.807) is 6.20 Å². The van der Waals surface area contributed by atoms with Crippen LogP contribution >= 0.6 is 0 Å². The molecule has 1 amide bonds. The average Bonchev–Trinajstić information content (AvgIpc) is 2.75. The van der Waals surface area contributed by atoms with Crippen LogP contribution in [0.5, 0.6) is 0 Å². The number of aryl methyl sites for hydroxylation is 1. The molecule has 0 fully saturated rings. The van der Waals surface area contributed by atoms with Gasteiger partial charge >= 0.3 is 0 Å². The van der Waals surface area contributed by atoms with Crippen molar-refractivity contribution in [2.24, 2.45) is 0 Å². The maximum absolute atomic E-state index is 12.7. The lowest BCUT2D eigenvalue weighted by molar-refractivity contribution is 0.0762. The first kappa shape index (κ1) is 20.5. The summed E-state index contributed by atoms with van der Waals surface area (Å²) in [6.45, 7) is 7.73. The molecular formula is C24H28N4O. The zero-order chi connectivity index (χ0) is 20.6. The lowest BCUT2D eigenvalue weighted by Gasteiger charge is -2.20. The zero-order valence-electron chi connectivity index (χ0n) is 17.4. The highest BCUT2D eigenvalue weighted by molar-refractivity contribution is 5.94. The number of benzene rings is 2. The van der Waals surface area contributed by atoms with E-state index in [9.17, 15) is 4.79 Å². The molecule has 1 aromatic heterocycles. The maximum Gasteiger partial charge on any atom is 0.253 e. The highest BCUT2D eigenvalue weighted by atomic mass is 16.2. The van der Waals surface area contributed by atoms with E-state index in [-0.39, 0.29) is 5.91 Å². The highest BCUT2D eigenvalue weighted by Gasteiger charge is 2.13. The third-order valence-corrected chi connectivity index (χ3v) is 4.79. The quantitative estimate of drug-likeness (QED) is 0.557. The van der Waals surface area contributed by atoms with E-state index < -0.39 is 0 Å². The van der Waals surface area contributed by atoms with Crippen LogP contribution in [0.3, 0.4) is 0 Å². The molecule has 0 aliphatic rings. The molecule has 0 radical (unpaired) electrons. The van der Waals surface area contributed by atoms with Gasteiger partial charge in [-0.3, -0.25) is 4.79 Å². The van der Waals surface area contributed by atoms with Crippen LogP contribution in [-0.2, 0) is 0 Å². The Bertz CT molecular complexity index is 953. The molecular weight excluding hydrogens is 360 g/mol. The largest absolute Gasteiger partial charge is 0.340 e. The van der Waals surface area contributed by atoms with E-state index >= 15 is 0 Å². The molecule has 0 unspecified atom stereocenters. The Morgan fingerprint density at radius 3 is 2.55 bits per heavy atom. The Hall–Kier alpha value is -3.21. The summed E-state index contributed by atoms with van der Waals surface area (Å²) in [5.74, 6) is 1.48. The second-order valence-electron chi connectivity index (χ2n) is 7.08. The number of unbranched alkanes of at least 4 members (excludes halogenated alkanes) is 1. The summed E-state index contributed by atoms with van der Waals surface area (Å²) in [6, 6.07) is 17.5. The standard InChI is InChI=1S/C24H28N4O/c1-4-6-16-28(5-2)24(29)19-10-12-21(13-11-19)26-22-14-15-25-23(27-22)20-9-7-8-18(3)17-20/h7-15,17H,4-6,16H2,1-3H3,(H,25,26,27). The Kier molecular flexibility index (Phi) is 6.95. The van der Waals surface area contributed by atoms with Crippen molar-refractivity contribution in [3.8, 4) is 11.4 Å². The van der Waals surface area contributed by atoms with Gasteiger partial charge in [0.2, 0.25) is 0 Å². The highest BCUT2D eigenvalue weighted by Crippen LogP contribution is 2.20. The van der Waals surface area contributed by atoms with Crippen molar-refractivity contribution >= 4 is 17.4 Å². The van der Waals surface area contributed by atoms with Crippen LogP contribution in [0, 0.1) is 6.92 Å². The van der Waals surface area contributed by atoms with Gasteiger partial charge in [-0.15, -0.1) is 0 Å². The Balaban J connectivity index is 1.71. The van der Waals surface area contributed by atoms with E-state index in [2.05, 4.69) is 41.3 Å². The van der Waals surface area contributed by atoms with Gasteiger partial charge < -0.3 is 10.2 Å². The molecule has 0 aliphatic heterocycles. The first-order valence-corrected chi connectivity index (χ1v) is 10.2. The van der Waals surface area contributed by atoms with Crippen molar-refractivity contribution in [3.05, 3.63) is 71.9 Å². The lowest BCUT2D eigenvalue weighted by atomic mass is 10.1. The number of hydrogen-bond donors (Lipinski definition) is 1. The van der Waals surface area contributed by atoms with Crippen LogP contribution in [-0.4, -0.2) is 33.9 Å². The van der Waals surface area contributed by atoms with Crippen LogP contribution in [0.2, 0.25) is 0 Å². The molecule has 0 saturated carbocycles. The van der Waals surface area contributed by atoms with Gasteiger partial charge in [-0.05, 0) is 56.7 Å². The summed E-state index contributed by atoms with van der Waals surface area (Å²) < 4.78 is 0. The predicted octanol–water partition coefficient (Wildman–Crippen LogP) is 5.46. The molecule has 0 spiro atoms.